The number of benzene rings is 2. The number of carboxylic acid groups (broad SMARTS) is 1. The maximum atomic E-state index is 12.6. The van der Waals surface area contributed by atoms with Crippen molar-refractivity contribution in [1.82, 2.24) is 0 Å². The number of nitrogens with one attached hydrogen (secondary N) is 1. The Kier molecular flexibility index (Phi) is 6.72. The normalized spacial score (nSPS) is 10.8. The first-order valence-corrected chi connectivity index (χ1v) is 8.58. The maximum absolute atomic E-state index is 12.6. The summed E-state index contributed by atoms with van der Waals surface area (Å²) in [6, 6.07) is 10.1. The van der Waals surface area contributed by atoms with Gasteiger partial charge in [0.15, 0.2) is 0 Å². The molecule has 0 aliphatic carbocycles. The van der Waals surface area contributed by atoms with Crippen LogP contribution in [0.15, 0.2) is 59.3 Å². The Morgan fingerprint density at radius 3 is 2.21 bits per heavy atom. The third-order valence-corrected chi connectivity index (χ3v) is 4.51. The molecule has 9 heteroatoms. The van der Waals surface area contributed by atoms with Crippen LogP contribution in [0.2, 0.25) is 0 Å². The van der Waals surface area contributed by atoms with E-state index in [1.165, 1.54) is 23.5 Å². The van der Waals surface area contributed by atoms with Crippen molar-refractivity contribution >= 4 is 28.9 Å². The van der Waals surface area contributed by atoms with Gasteiger partial charge in [0.25, 0.3) is 5.91 Å². The molecule has 4 nitrogen and oxygen atoms in total. The molecule has 1 amide bonds. The summed E-state index contributed by atoms with van der Waals surface area (Å²) >= 11 is 1.47. The molecule has 0 saturated heterocycles. The van der Waals surface area contributed by atoms with Crippen molar-refractivity contribution in [3.8, 4) is 11.1 Å². The van der Waals surface area contributed by atoms with Gasteiger partial charge in [-0.15, -0.1) is 0 Å². The van der Waals surface area contributed by atoms with Crippen molar-refractivity contribution in [2.75, 3.05) is 5.32 Å². The Hall–Kier alpha value is -2.53. The van der Waals surface area contributed by atoms with Crippen LogP contribution in [-0.2, 0) is 6.18 Å². The van der Waals surface area contributed by atoms with Gasteiger partial charge in [0, 0.05) is 5.56 Å². The van der Waals surface area contributed by atoms with Crippen LogP contribution in [0.1, 0.15) is 27.7 Å². The molecule has 0 aliphatic heterocycles. The third kappa shape index (κ3) is 4.84. The molecule has 1 aromatic heterocycles. The number of hydrogen-bond acceptors (Lipinski definition) is 3. The molecule has 0 saturated carbocycles. The third-order valence-electron chi connectivity index (χ3n) is 3.83. The fraction of sp³-hybridized carbons (Fsp3) is 0.0526. The van der Waals surface area contributed by atoms with Gasteiger partial charge < -0.3 is 11.8 Å². The first kappa shape index (κ1) is 21.8. The average Bonchev–Trinajstić information content (AvgIpc) is 3.16. The van der Waals surface area contributed by atoms with E-state index in [2.05, 4.69) is 5.32 Å². The molecular formula is C19H13F3LiNO3S. The Bertz CT molecular complexity index is 993. The van der Waals surface area contributed by atoms with E-state index in [0.29, 0.717) is 5.56 Å². The van der Waals surface area contributed by atoms with Gasteiger partial charge in [-0.3, -0.25) is 4.79 Å². The van der Waals surface area contributed by atoms with Gasteiger partial charge in [0.05, 0.1) is 16.8 Å². The molecule has 0 atom stereocenters. The first-order valence-electron chi connectivity index (χ1n) is 7.64. The van der Waals surface area contributed by atoms with Crippen LogP contribution < -0.4 is 24.2 Å². The van der Waals surface area contributed by atoms with Crippen molar-refractivity contribution in [2.45, 2.75) is 6.18 Å². The van der Waals surface area contributed by atoms with E-state index in [1.807, 2.05) is 16.8 Å². The Morgan fingerprint density at radius 1 is 1.00 bits per heavy atom. The molecule has 0 bridgehead atoms. The number of carboxylic acids is 1. The summed E-state index contributed by atoms with van der Waals surface area (Å²) in [7, 11) is 0. The summed E-state index contributed by atoms with van der Waals surface area (Å²) in [5.41, 5.74) is 0.598. The first-order chi connectivity index (χ1) is 12.8. The van der Waals surface area contributed by atoms with E-state index in [1.54, 1.807) is 6.07 Å². The second-order valence-electron chi connectivity index (χ2n) is 5.61. The van der Waals surface area contributed by atoms with Gasteiger partial charge in [-0.2, -0.15) is 24.5 Å². The van der Waals surface area contributed by atoms with Crippen LogP contribution in [0.3, 0.4) is 0 Å². The van der Waals surface area contributed by atoms with Gasteiger partial charge in [-0.05, 0) is 64.4 Å². The number of rotatable bonds is 4. The molecule has 28 heavy (non-hydrogen) atoms. The summed E-state index contributed by atoms with van der Waals surface area (Å²) in [5, 5.41) is 15.6. The molecule has 1 heterocycles. The topological polar surface area (TPSA) is 66.4 Å². The van der Waals surface area contributed by atoms with E-state index in [4.69, 9.17) is 0 Å². The molecule has 3 aromatic rings. The van der Waals surface area contributed by atoms with E-state index in [-0.39, 0.29) is 37.1 Å². The number of carbonyl (C=O) groups is 2. The minimum Gasteiger partial charge on any atom is -1.00 e. The summed E-state index contributed by atoms with van der Waals surface area (Å²) in [5.74, 6) is -1.93. The molecule has 140 valence electrons. The van der Waals surface area contributed by atoms with Gasteiger partial charge in [-0.25, -0.2) is 4.79 Å². The average molecular weight is 399 g/mol. The number of halogens is 3. The van der Waals surface area contributed by atoms with E-state index < -0.39 is 23.6 Å². The fourth-order valence-electron chi connectivity index (χ4n) is 2.44. The van der Waals surface area contributed by atoms with Gasteiger partial charge in [0.2, 0.25) is 0 Å². The molecule has 2 N–H and O–H groups in total. The zero-order chi connectivity index (χ0) is 19.6. The number of amides is 1. The maximum Gasteiger partial charge on any atom is 1.00 e. The standard InChI is InChI=1S/C19H12F3NO3S.Li.H/c20-19(21,22)14-4-1-11(2-5-14)17(24)23-16-6-3-12(9-15(16)18(25)26)13-7-8-27-10-13;;/h1-10H,(H,23,24)(H,25,26);;/q;+1;-1. The molecule has 0 unspecified atom stereocenters. The van der Waals surface area contributed by atoms with Crippen molar-refractivity contribution in [3.63, 3.8) is 0 Å². The Labute approximate surface area is 175 Å². The monoisotopic (exact) mass is 399 g/mol. The van der Waals surface area contributed by atoms with Crippen molar-refractivity contribution in [2.24, 2.45) is 0 Å². The number of anilines is 1. The van der Waals surface area contributed by atoms with Gasteiger partial charge in [-0.1, -0.05) is 6.07 Å². The summed E-state index contributed by atoms with van der Waals surface area (Å²) < 4.78 is 37.8. The van der Waals surface area contributed by atoms with Gasteiger partial charge >= 0.3 is 31.0 Å². The zero-order valence-electron chi connectivity index (χ0n) is 15.6. The molecule has 0 aliphatic rings. The van der Waals surface area contributed by atoms with E-state index >= 15 is 0 Å². The van der Waals surface area contributed by atoms with Crippen molar-refractivity contribution in [3.05, 3.63) is 76.0 Å². The predicted molar refractivity (Wildman–Crippen MR) is 97.2 cm³/mol. The van der Waals surface area contributed by atoms with Gasteiger partial charge in [0.1, 0.15) is 0 Å². The summed E-state index contributed by atoms with van der Waals surface area (Å²) in [4.78, 5) is 23.8. The zero-order valence-corrected chi connectivity index (χ0v) is 15.4. The molecule has 0 fully saturated rings. The largest absolute Gasteiger partial charge is 1.00 e. The van der Waals surface area contributed by atoms with Crippen LogP contribution in [-0.4, -0.2) is 17.0 Å². The minimum absolute atomic E-state index is 0. The molecule has 3 rings (SSSR count). The molecule has 2 aromatic carbocycles. The second-order valence-corrected chi connectivity index (χ2v) is 6.39. The number of thiophene rings is 1. The molecule has 0 spiro atoms. The summed E-state index contributed by atoms with van der Waals surface area (Å²) in [6.07, 6.45) is -4.50. The minimum atomic E-state index is -4.50. The van der Waals surface area contributed by atoms with Crippen molar-refractivity contribution < 1.29 is 48.2 Å². The number of aromatic carboxylic acids is 1. The quantitative estimate of drug-likeness (QED) is 0.663. The molecular weight excluding hydrogens is 386 g/mol. The number of hydrogen-bond donors (Lipinski definition) is 2. The van der Waals surface area contributed by atoms with E-state index in [9.17, 15) is 27.9 Å². The van der Waals surface area contributed by atoms with Crippen LogP contribution in [0.25, 0.3) is 11.1 Å². The van der Waals surface area contributed by atoms with Crippen LogP contribution in [0, 0.1) is 0 Å². The number of carbonyl (C=O) groups excluding carboxylic acids is 1. The fourth-order valence-corrected chi connectivity index (χ4v) is 3.11. The predicted octanol–water partition coefficient (Wildman–Crippen LogP) is 2.50. The van der Waals surface area contributed by atoms with E-state index in [0.717, 1.165) is 29.8 Å². The SMILES string of the molecule is O=C(Nc1ccc(-c2ccsc2)cc1C(=O)O)c1ccc(C(F)(F)F)cc1.[H-].[Li+]. The Morgan fingerprint density at radius 2 is 1.68 bits per heavy atom. The second kappa shape index (κ2) is 8.65. The number of alkyl halides is 3. The Balaban J connectivity index is 0.00000210. The molecule has 0 radical (unpaired) electrons. The smallest absolute Gasteiger partial charge is 1.00 e. The van der Waals surface area contributed by atoms with Crippen LogP contribution in [0.4, 0.5) is 18.9 Å². The summed E-state index contributed by atoms with van der Waals surface area (Å²) in [6.45, 7) is 0. The van der Waals surface area contributed by atoms with Crippen molar-refractivity contribution in [1.29, 1.82) is 0 Å². The van der Waals surface area contributed by atoms with Crippen LogP contribution >= 0.6 is 11.3 Å². The van der Waals surface area contributed by atoms with Crippen LogP contribution in [0.5, 0.6) is 0 Å².